The van der Waals surface area contributed by atoms with Crippen LogP contribution < -0.4 is 5.73 Å². The number of hydrogen-bond acceptors (Lipinski definition) is 3. The topological polar surface area (TPSA) is 81.1 Å². The van der Waals surface area contributed by atoms with Crippen molar-refractivity contribution in [3.8, 4) is 0 Å². The van der Waals surface area contributed by atoms with Gasteiger partial charge in [-0.2, -0.15) is 5.10 Å². The summed E-state index contributed by atoms with van der Waals surface area (Å²) < 4.78 is 1.86. The van der Waals surface area contributed by atoms with Gasteiger partial charge in [0.15, 0.2) is 0 Å². The Labute approximate surface area is 87.9 Å². The normalized spacial score (nSPS) is 18.5. The SMILES string of the molecule is Cc1nn(C2CCC2)cc1C(N)C(=O)O. The van der Waals surface area contributed by atoms with E-state index in [1.54, 1.807) is 13.1 Å². The smallest absolute Gasteiger partial charge is 0.325 e. The second-order valence-corrected chi connectivity index (χ2v) is 4.05. The van der Waals surface area contributed by atoms with Crippen molar-refractivity contribution >= 4 is 5.97 Å². The van der Waals surface area contributed by atoms with Crippen molar-refractivity contribution in [1.29, 1.82) is 0 Å². The fraction of sp³-hybridized carbons (Fsp3) is 0.600. The minimum Gasteiger partial charge on any atom is -0.480 e. The lowest BCUT2D eigenvalue weighted by molar-refractivity contribution is -0.138. The quantitative estimate of drug-likeness (QED) is 0.778. The summed E-state index contributed by atoms with van der Waals surface area (Å²) in [6.45, 7) is 1.80. The van der Waals surface area contributed by atoms with Gasteiger partial charge in [0.1, 0.15) is 6.04 Å². The Morgan fingerprint density at radius 1 is 1.73 bits per heavy atom. The lowest BCUT2D eigenvalue weighted by Gasteiger charge is -2.25. The van der Waals surface area contributed by atoms with Gasteiger partial charge in [-0.15, -0.1) is 0 Å². The molecule has 1 fully saturated rings. The van der Waals surface area contributed by atoms with Gasteiger partial charge in [0.05, 0.1) is 11.7 Å². The van der Waals surface area contributed by atoms with Gasteiger partial charge >= 0.3 is 5.97 Å². The molecular weight excluding hydrogens is 194 g/mol. The lowest BCUT2D eigenvalue weighted by Crippen LogP contribution is -2.21. The molecule has 1 aliphatic carbocycles. The zero-order valence-corrected chi connectivity index (χ0v) is 8.68. The molecule has 1 heterocycles. The van der Waals surface area contributed by atoms with Crippen LogP contribution in [0.2, 0.25) is 0 Å². The van der Waals surface area contributed by atoms with E-state index < -0.39 is 12.0 Å². The molecule has 1 aromatic rings. The molecule has 82 valence electrons. The van der Waals surface area contributed by atoms with E-state index in [0.717, 1.165) is 18.5 Å². The minimum absolute atomic E-state index is 0.443. The van der Waals surface area contributed by atoms with Gasteiger partial charge < -0.3 is 10.8 Å². The standard InChI is InChI=1S/C10H15N3O2/c1-6-8(9(11)10(14)15)5-13(12-6)7-3-2-4-7/h5,7,9H,2-4,11H2,1H3,(H,14,15). The Morgan fingerprint density at radius 3 is 2.87 bits per heavy atom. The fourth-order valence-electron chi connectivity index (χ4n) is 1.77. The van der Waals surface area contributed by atoms with Gasteiger partial charge in [-0.25, -0.2) is 0 Å². The summed E-state index contributed by atoms with van der Waals surface area (Å²) in [6, 6.07) is -0.516. The van der Waals surface area contributed by atoms with Crippen molar-refractivity contribution < 1.29 is 9.90 Å². The molecular formula is C10H15N3O2. The maximum absolute atomic E-state index is 10.8. The summed E-state index contributed by atoms with van der Waals surface area (Å²) in [6.07, 6.45) is 5.26. The Hall–Kier alpha value is -1.36. The number of aliphatic carboxylic acids is 1. The number of nitrogens with two attached hydrogens (primary N) is 1. The van der Waals surface area contributed by atoms with Crippen LogP contribution in [0.15, 0.2) is 6.20 Å². The Kier molecular flexibility index (Phi) is 2.48. The maximum Gasteiger partial charge on any atom is 0.325 e. The van der Waals surface area contributed by atoms with Gasteiger partial charge in [-0.1, -0.05) is 0 Å². The number of aromatic nitrogens is 2. The number of aryl methyl sites for hydroxylation is 1. The van der Waals surface area contributed by atoms with Crippen LogP contribution in [0.1, 0.15) is 42.6 Å². The first-order chi connectivity index (χ1) is 7.09. The first-order valence-corrected chi connectivity index (χ1v) is 5.13. The molecule has 1 unspecified atom stereocenters. The summed E-state index contributed by atoms with van der Waals surface area (Å²) in [5.74, 6) is -1.01. The summed E-state index contributed by atoms with van der Waals surface area (Å²) in [7, 11) is 0. The van der Waals surface area contributed by atoms with Crippen LogP contribution in [0.25, 0.3) is 0 Å². The molecule has 0 spiro atoms. The number of carboxylic acid groups (broad SMARTS) is 1. The highest BCUT2D eigenvalue weighted by Crippen LogP contribution is 2.32. The van der Waals surface area contributed by atoms with E-state index >= 15 is 0 Å². The highest BCUT2D eigenvalue weighted by molar-refractivity contribution is 5.75. The molecule has 0 bridgehead atoms. The van der Waals surface area contributed by atoms with Crippen molar-refractivity contribution in [3.63, 3.8) is 0 Å². The monoisotopic (exact) mass is 209 g/mol. The highest BCUT2D eigenvalue weighted by atomic mass is 16.4. The maximum atomic E-state index is 10.8. The molecule has 1 atom stereocenters. The van der Waals surface area contributed by atoms with Gasteiger partial charge in [0, 0.05) is 11.8 Å². The molecule has 1 aromatic heterocycles. The summed E-state index contributed by atoms with van der Waals surface area (Å²) in [5.41, 5.74) is 6.90. The molecule has 0 amide bonds. The zero-order valence-electron chi connectivity index (χ0n) is 8.68. The van der Waals surface area contributed by atoms with Crippen LogP contribution in [0.4, 0.5) is 0 Å². The molecule has 1 saturated carbocycles. The van der Waals surface area contributed by atoms with E-state index in [1.807, 2.05) is 4.68 Å². The number of nitrogens with zero attached hydrogens (tertiary/aromatic N) is 2. The predicted octanol–water partition coefficient (Wildman–Crippen LogP) is 1.00. The van der Waals surface area contributed by atoms with E-state index in [0.29, 0.717) is 11.6 Å². The highest BCUT2D eigenvalue weighted by Gasteiger charge is 2.24. The van der Waals surface area contributed by atoms with Gasteiger partial charge in [-0.05, 0) is 26.2 Å². The molecule has 15 heavy (non-hydrogen) atoms. The van der Waals surface area contributed by atoms with E-state index in [-0.39, 0.29) is 0 Å². The zero-order chi connectivity index (χ0) is 11.0. The van der Waals surface area contributed by atoms with Crippen LogP contribution in [-0.4, -0.2) is 20.9 Å². The second-order valence-electron chi connectivity index (χ2n) is 4.05. The Balaban J connectivity index is 2.24. The van der Waals surface area contributed by atoms with E-state index in [4.69, 9.17) is 10.8 Å². The first-order valence-electron chi connectivity index (χ1n) is 5.13. The average molecular weight is 209 g/mol. The molecule has 2 rings (SSSR count). The van der Waals surface area contributed by atoms with Crippen molar-refractivity contribution in [3.05, 3.63) is 17.5 Å². The van der Waals surface area contributed by atoms with Crippen molar-refractivity contribution in [2.24, 2.45) is 5.73 Å². The molecule has 3 N–H and O–H groups in total. The van der Waals surface area contributed by atoms with Crippen LogP contribution in [0.3, 0.4) is 0 Å². The molecule has 0 aromatic carbocycles. The largest absolute Gasteiger partial charge is 0.480 e. The first kappa shape index (κ1) is 10.2. The fourth-order valence-corrected chi connectivity index (χ4v) is 1.77. The van der Waals surface area contributed by atoms with Crippen LogP contribution in [-0.2, 0) is 4.79 Å². The number of rotatable bonds is 3. The minimum atomic E-state index is -1.01. The summed E-state index contributed by atoms with van der Waals surface area (Å²) >= 11 is 0. The summed E-state index contributed by atoms with van der Waals surface area (Å²) in [5, 5.41) is 13.1. The number of hydrogen-bond donors (Lipinski definition) is 2. The molecule has 0 radical (unpaired) electrons. The third kappa shape index (κ3) is 1.74. The predicted molar refractivity (Wildman–Crippen MR) is 54.4 cm³/mol. The molecule has 5 nitrogen and oxygen atoms in total. The number of carbonyl (C=O) groups is 1. The van der Waals surface area contributed by atoms with Gasteiger partial charge in [0.25, 0.3) is 0 Å². The molecule has 5 heteroatoms. The van der Waals surface area contributed by atoms with Gasteiger partial charge in [0.2, 0.25) is 0 Å². The molecule has 0 saturated heterocycles. The van der Waals surface area contributed by atoms with Crippen molar-refractivity contribution in [2.45, 2.75) is 38.3 Å². The van der Waals surface area contributed by atoms with E-state index in [2.05, 4.69) is 5.10 Å². The third-order valence-electron chi connectivity index (χ3n) is 3.00. The van der Waals surface area contributed by atoms with E-state index in [1.165, 1.54) is 6.42 Å². The lowest BCUT2D eigenvalue weighted by atomic mass is 9.93. The summed E-state index contributed by atoms with van der Waals surface area (Å²) in [4.78, 5) is 10.8. The van der Waals surface area contributed by atoms with Crippen molar-refractivity contribution in [2.75, 3.05) is 0 Å². The Bertz CT molecular complexity index is 382. The van der Waals surface area contributed by atoms with Gasteiger partial charge in [-0.3, -0.25) is 9.48 Å². The average Bonchev–Trinajstić information content (AvgIpc) is 2.42. The van der Waals surface area contributed by atoms with E-state index in [9.17, 15) is 4.79 Å². The molecule has 0 aliphatic heterocycles. The number of carboxylic acids is 1. The Morgan fingerprint density at radius 2 is 2.40 bits per heavy atom. The second kappa shape index (κ2) is 3.66. The van der Waals surface area contributed by atoms with Crippen LogP contribution >= 0.6 is 0 Å². The van der Waals surface area contributed by atoms with Crippen molar-refractivity contribution in [1.82, 2.24) is 9.78 Å². The third-order valence-corrected chi connectivity index (χ3v) is 3.00. The molecule has 1 aliphatic rings. The van der Waals surface area contributed by atoms with Crippen LogP contribution in [0.5, 0.6) is 0 Å². The van der Waals surface area contributed by atoms with Crippen LogP contribution in [0, 0.1) is 6.92 Å².